The van der Waals surface area contributed by atoms with Crippen molar-refractivity contribution >= 4 is 33.6 Å². The summed E-state index contributed by atoms with van der Waals surface area (Å²) in [5.74, 6) is 2.91. The van der Waals surface area contributed by atoms with Crippen LogP contribution in [0.25, 0.3) is 0 Å². The monoisotopic (exact) mass is 950 g/mol. The van der Waals surface area contributed by atoms with Crippen molar-refractivity contribution in [2.75, 3.05) is 18.6 Å². The SMILES string of the molecule is CCCC(CC)(C1CCCCC1)N(C)C(=O)c1ccc(Oc2ccc(C(C)(C)c3ccc(Oc4ccc(C=O)c(C(=O)Nc5ccc(Oc6ccc(S(C)(=O)=O)cc6)cc5)c4)cc3)cc2)cc1CO. The van der Waals surface area contributed by atoms with E-state index in [1.54, 1.807) is 60.7 Å². The van der Waals surface area contributed by atoms with E-state index in [1.165, 1.54) is 43.5 Å². The number of sulfone groups is 1. The van der Waals surface area contributed by atoms with Gasteiger partial charge in [-0.3, -0.25) is 14.4 Å². The lowest BCUT2D eigenvalue weighted by Crippen LogP contribution is -2.54. The molecule has 11 nitrogen and oxygen atoms in total. The number of ether oxygens (including phenoxy) is 3. The van der Waals surface area contributed by atoms with Gasteiger partial charge >= 0.3 is 0 Å². The molecule has 1 unspecified atom stereocenters. The minimum Gasteiger partial charge on any atom is -0.457 e. The summed E-state index contributed by atoms with van der Waals surface area (Å²) in [6.45, 7) is 8.37. The summed E-state index contributed by atoms with van der Waals surface area (Å²) in [7, 11) is -1.38. The second-order valence-electron chi connectivity index (χ2n) is 18.5. The van der Waals surface area contributed by atoms with Crippen LogP contribution in [0.3, 0.4) is 0 Å². The number of carbonyl (C=O) groups excluding carboxylic acids is 3. The third-order valence-corrected chi connectivity index (χ3v) is 14.9. The number of hydrogen-bond donors (Lipinski definition) is 2. The number of nitrogens with zero attached hydrogens (tertiary/aromatic N) is 1. The molecule has 1 fully saturated rings. The minimum atomic E-state index is -3.33. The lowest BCUT2D eigenvalue weighted by molar-refractivity contribution is 0.0187. The van der Waals surface area contributed by atoms with Gasteiger partial charge in [0.15, 0.2) is 16.1 Å². The third-order valence-electron chi connectivity index (χ3n) is 13.7. The lowest BCUT2D eigenvalue weighted by Gasteiger charge is -2.49. The van der Waals surface area contributed by atoms with Crippen LogP contribution in [-0.4, -0.2) is 55.4 Å². The van der Waals surface area contributed by atoms with Gasteiger partial charge in [0, 0.05) is 41.1 Å². The maximum atomic E-state index is 14.2. The van der Waals surface area contributed by atoms with Gasteiger partial charge < -0.3 is 29.5 Å². The molecule has 1 aliphatic carbocycles. The zero-order valence-corrected chi connectivity index (χ0v) is 41.1. The average Bonchev–Trinajstić information content (AvgIpc) is 3.36. The van der Waals surface area contributed by atoms with Crippen molar-refractivity contribution in [3.63, 3.8) is 0 Å². The molecule has 7 rings (SSSR count). The van der Waals surface area contributed by atoms with Crippen LogP contribution in [-0.2, 0) is 21.9 Å². The van der Waals surface area contributed by atoms with Gasteiger partial charge in [-0.15, -0.1) is 0 Å². The number of aliphatic hydroxyl groups is 1. The van der Waals surface area contributed by atoms with Crippen LogP contribution in [0.2, 0.25) is 0 Å². The number of amides is 2. The van der Waals surface area contributed by atoms with E-state index in [-0.39, 0.29) is 34.1 Å². The molecule has 1 aliphatic rings. The Morgan fingerprint density at radius 1 is 0.696 bits per heavy atom. The van der Waals surface area contributed by atoms with Crippen LogP contribution < -0.4 is 19.5 Å². The fourth-order valence-electron chi connectivity index (χ4n) is 9.69. The van der Waals surface area contributed by atoms with Crippen molar-refractivity contribution in [2.24, 2.45) is 5.92 Å². The Morgan fingerprint density at radius 3 is 1.70 bits per heavy atom. The van der Waals surface area contributed by atoms with E-state index < -0.39 is 21.2 Å². The molecule has 2 amide bonds. The number of rotatable bonds is 19. The Labute approximate surface area is 406 Å². The van der Waals surface area contributed by atoms with Crippen molar-refractivity contribution < 1.29 is 42.1 Å². The predicted molar refractivity (Wildman–Crippen MR) is 270 cm³/mol. The van der Waals surface area contributed by atoms with E-state index in [0.717, 1.165) is 49.5 Å². The number of nitrogens with one attached hydrogen (secondary N) is 1. The molecule has 0 aliphatic heterocycles. The third kappa shape index (κ3) is 11.6. The van der Waals surface area contributed by atoms with E-state index in [1.807, 2.05) is 60.5 Å². The van der Waals surface area contributed by atoms with Crippen molar-refractivity contribution in [1.82, 2.24) is 4.90 Å². The Morgan fingerprint density at radius 2 is 1.19 bits per heavy atom. The van der Waals surface area contributed by atoms with Gasteiger partial charge in [0.25, 0.3) is 11.8 Å². The van der Waals surface area contributed by atoms with Crippen molar-refractivity contribution in [1.29, 1.82) is 0 Å². The fraction of sp³-hybridized carbons (Fsp3) is 0.316. The molecule has 6 aromatic rings. The molecule has 0 radical (unpaired) electrons. The first kappa shape index (κ1) is 50.1. The summed E-state index contributed by atoms with van der Waals surface area (Å²) < 4.78 is 41.8. The Kier molecular flexibility index (Phi) is 15.8. The quantitative estimate of drug-likeness (QED) is 0.0757. The summed E-state index contributed by atoms with van der Waals surface area (Å²) in [5.41, 5.74) is 3.32. The summed E-state index contributed by atoms with van der Waals surface area (Å²) in [6.07, 6.45) is 10.6. The van der Waals surface area contributed by atoms with Crippen LogP contribution in [0.15, 0.2) is 138 Å². The molecular formula is C57H62N2O9S. The van der Waals surface area contributed by atoms with Crippen LogP contribution in [0.4, 0.5) is 5.69 Å². The molecule has 0 aromatic heterocycles. The zero-order chi connectivity index (χ0) is 49.3. The standard InChI is InChI=1S/C57H62N2O9S/c1-7-34-57(8-2,43-12-10-9-11-13-43)59(5)55(63)52-33-30-49(35-40(52)38-61)67-45-22-15-41(16-23-45)56(3,4)42-17-24-46(25-18-42)68-50-21-14-39(37-60)53(36-50)54(62)58-44-19-26-47(27-20-44)66-48-28-31-51(32-29-48)69(6,64)65/h14-33,35-37,43,61H,7-13,34,38H2,1-6H3,(H,58,62). The molecule has 0 spiro atoms. The smallest absolute Gasteiger partial charge is 0.256 e. The van der Waals surface area contributed by atoms with Gasteiger partial charge in [0.2, 0.25) is 0 Å². The highest BCUT2D eigenvalue weighted by atomic mass is 32.2. The van der Waals surface area contributed by atoms with E-state index >= 15 is 0 Å². The largest absolute Gasteiger partial charge is 0.457 e. The molecule has 0 heterocycles. The lowest BCUT2D eigenvalue weighted by atomic mass is 9.70. The second kappa shape index (κ2) is 21.7. The number of benzene rings is 6. The normalized spacial score (nSPS) is 14.0. The van der Waals surface area contributed by atoms with Gasteiger partial charge in [-0.05, 0) is 157 Å². The molecule has 1 atom stereocenters. The van der Waals surface area contributed by atoms with E-state index in [9.17, 15) is 27.9 Å². The highest BCUT2D eigenvalue weighted by Crippen LogP contribution is 2.43. The van der Waals surface area contributed by atoms with Crippen LogP contribution in [0.1, 0.15) is 127 Å². The summed E-state index contributed by atoms with van der Waals surface area (Å²) in [4.78, 5) is 41.7. The van der Waals surface area contributed by atoms with Crippen molar-refractivity contribution in [2.45, 2.75) is 102 Å². The topological polar surface area (TPSA) is 149 Å². The van der Waals surface area contributed by atoms with Gasteiger partial charge in [0.1, 0.15) is 34.5 Å². The Hall–Kier alpha value is -6.76. The Bertz CT molecular complexity index is 2860. The van der Waals surface area contributed by atoms with Crippen molar-refractivity contribution in [3.05, 3.63) is 167 Å². The van der Waals surface area contributed by atoms with E-state index in [0.29, 0.717) is 63.5 Å². The highest BCUT2D eigenvalue weighted by molar-refractivity contribution is 7.90. The number of aliphatic hydroxyl groups excluding tert-OH is 1. The van der Waals surface area contributed by atoms with Crippen LogP contribution in [0.5, 0.6) is 34.5 Å². The molecule has 0 saturated heterocycles. The first-order valence-electron chi connectivity index (χ1n) is 23.7. The van der Waals surface area contributed by atoms with E-state index in [2.05, 4.69) is 33.0 Å². The minimum absolute atomic E-state index is 0.0614. The Balaban J connectivity index is 0.971. The molecule has 1 saturated carbocycles. The maximum absolute atomic E-state index is 14.2. The van der Waals surface area contributed by atoms with Gasteiger partial charge in [-0.2, -0.15) is 0 Å². The second-order valence-corrected chi connectivity index (χ2v) is 20.5. The molecular weight excluding hydrogens is 889 g/mol. The molecule has 0 bridgehead atoms. The molecule has 12 heteroatoms. The van der Waals surface area contributed by atoms with Crippen LogP contribution >= 0.6 is 0 Å². The highest BCUT2D eigenvalue weighted by Gasteiger charge is 2.43. The molecule has 6 aromatic carbocycles. The summed E-state index contributed by atoms with van der Waals surface area (Å²) in [6, 6.07) is 38.3. The number of aldehydes is 1. The first-order valence-corrected chi connectivity index (χ1v) is 25.5. The molecule has 360 valence electrons. The average molecular weight is 951 g/mol. The van der Waals surface area contributed by atoms with Crippen LogP contribution in [0, 0.1) is 5.92 Å². The first-order chi connectivity index (χ1) is 33.1. The van der Waals surface area contributed by atoms with Gasteiger partial charge in [0.05, 0.1) is 17.1 Å². The summed E-state index contributed by atoms with van der Waals surface area (Å²) in [5, 5.41) is 13.3. The molecule has 2 N–H and O–H groups in total. The molecule has 69 heavy (non-hydrogen) atoms. The maximum Gasteiger partial charge on any atom is 0.256 e. The van der Waals surface area contributed by atoms with Gasteiger partial charge in [-0.25, -0.2) is 8.42 Å². The predicted octanol–water partition coefficient (Wildman–Crippen LogP) is 13.0. The number of carbonyl (C=O) groups is 3. The number of hydrogen-bond acceptors (Lipinski definition) is 9. The van der Waals surface area contributed by atoms with E-state index in [4.69, 9.17) is 14.2 Å². The fourth-order valence-corrected chi connectivity index (χ4v) is 10.3. The van der Waals surface area contributed by atoms with Crippen molar-refractivity contribution in [3.8, 4) is 34.5 Å². The number of anilines is 1. The van der Waals surface area contributed by atoms with Gasteiger partial charge in [-0.1, -0.05) is 77.6 Å². The zero-order valence-electron chi connectivity index (χ0n) is 40.3. The summed E-state index contributed by atoms with van der Waals surface area (Å²) >= 11 is 0.